The van der Waals surface area contributed by atoms with E-state index >= 15 is 0 Å². The molecule has 1 aromatic heterocycles. The first-order chi connectivity index (χ1) is 12.7. The first-order valence-corrected chi connectivity index (χ1v) is 8.84. The van der Waals surface area contributed by atoms with Crippen LogP contribution < -0.4 is 10.2 Å². The quantitative estimate of drug-likeness (QED) is 0.861. The van der Waals surface area contributed by atoms with E-state index in [2.05, 4.69) is 21.3 Å². The topological polar surface area (TPSA) is 89.2 Å². The molecule has 1 aromatic carbocycles. The van der Waals surface area contributed by atoms with E-state index in [9.17, 15) is 4.79 Å². The van der Waals surface area contributed by atoms with E-state index in [0.29, 0.717) is 18.0 Å². The van der Waals surface area contributed by atoms with Gasteiger partial charge in [-0.15, -0.1) is 0 Å². The number of pyridine rings is 1. The number of rotatable bonds is 5. The molecule has 0 unspecified atom stereocenters. The van der Waals surface area contributed by atoms with Gasteiger partial charge in [-0.25, -0.2) is 9.78 Å². The predicted octanol–water partition coefficient (Wildman–Crippen LogP) is 3.49. The number of piperidine rings is 1. The van der Waals surface area contributed by atoms with Crippen LogP contribution in [-0.4, -0.2) is 35.8 Å². The van der Waals surface area contributed by atoms with Gasteiger partial charge in [0.15, 0.2) is 0 Å². The Bertz CT molecular complexity index is 790. The van der Waals surface area contributed by atoms with Gasteiger partial charge in [0.2, 0.25) is 0 Å². The number of hydrogen-bond acceptors (Lipinski definition) is 4. The number of anilines is 1. The van der Waals surface area contributed by atoms with Crippen molar-refractivity contribution in [2.75, 3.05) is 24.5 Å². The average molecular weight is 350 g/mol. The van der Waals surface area contributed by atoms with Gasteiger partial charge >= 0.3 is 6.09 Å². The number of carboxylic acid groups (broad SMARTS) is 1. The van der Waals surface area contributed by atoms with Crippen LogP contribution in [0.1, 0.15) is 24.8 Å². The van der Waals surface area contributed by atoms with E-state index < -0.39 is 6.09 Å². The molecule has 6 nitrogen and oxygen atoms in total. The van der Waals surface area contributed by atoms with Crippen LogP contribution in [0, 0.1) is 17.2 Å². The Morgan fingerprint density at radius 1 is 1.27 bits per heavy atom. The largest absolute Gasteiger partial charge is 0.465 e. The summed E-state index contributed by atoms with van der Waals surface area (Å²) >= 11 is 0. The molecule has 3 rings (SSSR count). The first-order valence-electron chi connectivity index (χ1n) is 8.84. The fourth-order valence-electron chi connectivity index (χ4n) is 3.35. The normalized spacial score (nSPS) is 14.7. The number of nitriles is 1. The highest BCUT2D eigenvalue weighted by molar-refractivity contribution is 5.65. The van der Waals surface area contributed by atoms with Crippen molar-refractivity contribution >= 4 is 11.9 Å². The molecule has 0 spiro atoms. The van der Waals surface area contributed by atoms with Crippen molar-refractivity contribution in [1.29, 1.82) is 5.26 Å². The monoisotopic (exact) mass is 350 g/mol. The Morgan fingerprint density at radius 3 is 2.73 bits per heavy atom. The lowest BCUT2D eigenvalue weighted by Gasteiger charge is -2.32. The zero-order valence-corrected chi connectivity index (χ0v) is 14.6. The summed E-state index contributed by atoms with van der Waals surface area (Å²) in [6.07, 6.45) is 3.90. The van der Waals surface area contributed by atoms with E-state index in [1.165, 1.54) is 0 Å². The molecule has 0 bridgehead atoms. The van der Waals surface area contributed by atoms with Gasteiger partial charge in [-0.3, -0.25) is 0 Å². The average Bonchev–Trinajstić information content (AvgIpc) is 2.68. The molecule has 0 radical (unpaired) electrons. The highest BCUT2D eigenvalue weighted by Gasteiger charge is 2.20. The lowest BCUT2D eigenvalue weighted by molar-refractivity contribution is 0.193. The lowest BCUT2D eigenvalue weighted by Crippen LogP contribution is -2.35. The SMILES string of the molecule is N#Cc1cccc(-c2ccc(N3CCC(CCNC(=O)O)CC3)nc2)c1. The summed E-state index contributed by atoms with van der Waals surface area (Å²) < 4.78 is 0. The molecule has 1 amide bonds. The van der Waals surface area contributed by atoms with Crippen molar-refractivity contribution in [3.8, 4) is 17.2 Å². The van der Waals surface area contributed by atoms with E-state index in [-0.39, 0.29) is 0 Å². The fraction of sp³-hybridized carbons (Fsp3) is 0.350. The summed E-state index contributed by atoms with van der Waals surface area (Å²) in [5.41, 5.74) is 2.64. The van der Waals surface area contributed by atoms with E-state index in [1.807, 2.05) is 36.5 Å². The molecule has 1 saturated heterocycles. The van der Waals surface area contributed by atoms with Gasteiger partial charge in [0, 0.05) is 31.4 Å². The zero-order valence-electron chi connectivity index (χ0n) is 14.6. The second-order valence-corrected chi connectivity index (χ2v) is 6.55. The van der Waals surface area contributed by atoms with Crippen molar-refractivity contribution in [2.24, 2.45) is 5.92 Å². The Labute approximate surface area is 153 Å². The Balaban J connectivity index is 1.56. The summed E-state index contributed by atoms with van der Waals surface area (Å²) in [4.78, 5) is 17.4. The van der Waals surface area contributed by atoms with Crippen LogP contribution in [0.5, 0.6) is 0 Å². The molecule has 1 aliphatic rings. The molecule has 2 heterocycles. The van der Waals surface area contributed by atoms with Gasteiger partial charge in [-0.05, 0) is 55.0 Å². The lowest BCUT2D eigenvalue weighted by atomic mass is 9.93. The van der Waals surface area contributed by atoms with Crippen molar-refractivity contribution in [3.63, 3.8) is 0 Å². The maximum Gasteiger partial charge on any atom is 0.404 e. The fourth-order valence-corrected chi connectivity index (χ4v) is 3.35. The maximum absolute atomic E-state index is 10.5. The Hall–Kier alpha value is -3.07. The van der Waals surface area contributed by atoms with Gasteiger partial charge in [0.05, 0.1) is 11.6 Å². The van der Waals surface area contributed by atoms with Crippen molar-refractivity contribution < 1.29 is 9.90 Å². The van der Waals surface area contributed by atoms with Crippen LogP contribution in [0.15, 0.2) is 42.6 Å². The number of amides is 1. The highest BCUT2D eigenvalue weighted by atomic mass is 16.4. The molecule has 0 atom stereocenters. The van der Waals surface area contributed by atoms with E-state index in [4.69, 9.17) is 10.4 Å². The summed E-state index contributed by atoms with van der Waals surface area (Å²) in [6, 6.07) is 13.8. The van der Waals surface area contributed by atoms with Gasteiger partial charge < -0.3 is 15.3 Å². The van der Waals surface area contributed by atoms with Gasteiger partial charge in [-0.2, -0.15) is 5.26 Å². The third-order valence-corrected chi connectivity index (χ3v) is 4.84. The van der Waals surface area contributed by atoms with Crippen molar-refractivity contribution in [1.82, 2.24) is 10.3 Å². The summed E-state index contributed by atoms with van der Waals surface area (Å²) in [5.74, 6) is 1.53. The number of nitrogens with one attached hydrogen (secondary N) is 1. The third-order valence-electron chi connectivity index (χ3n) is 4.84. The van der Waals surface area contributed by atoms with Crippen LogP contribution in [0.25, 0.3) is 11.1 Å². The number of aromatic nitrogens is 1. The Morgan fingerprint density at radius 2 is 2.08 bits per heavy atom. The van der Waals surface area contributed by atoms with Crippen LogP contribution >= 0.6 is 0 Å². The number of carbonyl (C=O) groups is 1. The smallest absolute Gasteiger partial charge is 0.404 e. The molecule has 0 aliphatic carbocycles. The summed E-state index contributed by atoms with van der Waals surface area (Å²) in [5, 5.41) is 20.1. The minimum absolute atomic E-state index is 0.523. The van der Waals surface area contributed by atoms with E-state index in [1.54, 1.807) is 6.07 Å². The number of benzene rings is 1. The molecule has 2 aromatic rings. The predicted molar refractivity (Wildman–Crippen MR) is 100.0 cm³/mol. The minimum atomic E-state index is -0.952. The molecule has 1 aliphatic heterocycles. The van der Waals surface area contributed by atoms with Gasteiger partial charge in [0.1, 0.15) is 5.82 Å². The molecule has 2 N–H and O–H groups in total. The van der Waals surface area contributed by atoms with Crippen LogP contribution in [0.3, 0.4) is 0 Å². The number of hydrogen-bond donors (Lipinski definition) is 2. The molecule has 6 heteroatoms. The first kappa shape index (κ1) is 17.7. The Kier molecular flexibility index (Phi) is 5.69. The van der Waals surface area contributed by atoms with Crippen LogP contribution in [0.2, 0.25) is 0 Å². The summed E-state index contributed by atoms with van der Waals surface area (Å²) in [7, 11) is 0. The molecule has 134 valence electrons. The van der Waals surface area contributed by atoms with Crippen LogP contribution in [0.4, 0.5) is 10.6 Å². The maximum atomic E-state index is 10.5. The van der Waals surface area contributed by atoms with Crippen molar-refractivity contribution in [3.05, 3.63) is 48.2 Å². The molecular formula is C20H22N4O2. The number of nitrogens with zero attached hydrogens (tertiary/aromatic N) is 3. The second-order valence-electron chi connectivity index (χ2n) is 6.55. The molecular weight excluding hydrogens is 328 g/mol. The zero-order chi connectivity index (χ0) is 18.4. The van der Waals surface area contributed by atoms with Gasteiger partial charge in [-0.1, -0.05) is 12.1 Å². The molecule has 26 heavy (non-hydrogen) atoms. The second kappa shape index (κ2) is 8.34. The molecule has 0 saturated carbocycles. The standard InChI is InChI=1S/C20H22N4O2/c21-13-16-2-1-3-17(12-16)18-4-5-19(23-14-18)24-10-7-15(8-11-24)6-9-22-20(25)26/h1-5,12,14-15,22H,6-11H2,(H,25,26). The van der Waals surface area contributed by atoms with Gasteiger partial charge in [0.25, 0.3) is 0 Å². The van der Waals surface area contributed by atoms with Crippen LogP contribution in [-0.2, 0) is 0 Å². The summed E-state index contributed by atoms with van der Waals surface area (Å²) in [6.45, 7) is 2.40. The highest BCUT2D eigenvalue weighted by Crippen LogP contribution is 2.26. The third kappa shape index (κ3) is 4.51. The minimum Gasteiger partial charge on any atom is -0.465 e. The van der Waals surface area contributed by atoms with E-state index in [0.717, 1.165) is 49.3 Å². The van der Waals surface area contributed by atoms with Crippen molar-refractivity contribution in [2.45, 2.75) is 19.3 Å². The molecule has 1 fully saturated rings.